The standard InChI is InChI=1S/CH3Cl2O4P.K.H/c2-1(3)7-8(4,5)6;;/h1H,(H2,4,5,6);;. The van der Waals surface area contributed by atoms with Crippen molar-refractivity contribution in [2.45, 2.75) is 5.02 Å². The molecule has 0 heterocycles. The fourth-order valence-corrected chi connectivity index (χ4v) is 0.934. The summed E-state index contributed by atoms with van der Waals surface area (Å²) in [7, 11) is -4.49. The van der Waals surface area contributed by atoms with E-state index >= 15 is 0 Å². The van der Waals surface area contributed by atoms with Crippen molar-refractivity contribution in [2.75, 3.05) is 0 Å². The van der Waals surface area contributed by atoms with Gasteiger partial charge in [0.1, 0.15) is 0 Å². The van der Waals surface area contributed by atoms with Crippen LogP contribution < -0.4 is 0 Å². The van der Waals surface area contributed by atoms with Crippen LogP contribution in [0.1, 0.15) is 0 Å². The van der Waals surface area contributed by atoms with Gasteiger partial charge in [0.15, 0.2) is 0 Å². The molecule has 0 spiro atoms. The first-order chi connectivity index (χ1) is 3.42. The first kappa shape index (κ1) is 13.9. The summed E-state index contributed by atoms with van der Waals surface area (Å²) in [6.45, 7) is 0. The maximum absolute atomic E-state index is 9.74. The van der Waals surface area contributed by atoms with E-state index in [1.165, 1.54) is 0 Å². The van der Waals surface area contributed by atoms with Gasteiger partial charge in [-0.25, -0.2) is 4.57 Å². The number of alkyl halides is 2. The average Bonchev–Trinajstić information content (AvgIpc) is 1.21. The zero-order chi connectivity index (χ0) is 6.78. The third-order valence-electron chi connectivity index (χ3n) is 0.217. The molecule has 0 aliphatic rings. The van der Waals surface area contributed by atoms with Gasteiger partial charge in [-0.3, -0.25) is 4.52 Å². The van der Waals surface area contributed by atoms with Crippen LogP contribution in [0.25, 0.3) is 0 Å². The predicted octanol–water partition coefficient (Wildman–Crippen LogP) is 0.208. The van der Waals surface area contributed by atoms with Crippen molar-refractivity contribution in [3.05, 3.63) is 0 Å². The Balaban J connectivity index is 0. The second-order valence-electron chi connectivity index (χ2n) is 0.857. The van der Waals surface area contributed by atoms with Crippen LogP contribution in [0.5, 0.6) is 0 Å². The summed E-state index contributed by atoms with van der Waals surface area (Å²) >= 11 is 9.63. The number of phosphoric acid groups is 1. The van der Waals surface area contributed by atoms with Crippen LogP contribution in [0.2, 0.25) is 0 Å². The molecule has 0 bridgehead atoms. The van der Waals surface area contributed by atoms with Crippen LogP contribution in [0.15, 0.2) is 0 Å². The van der Waals surface area contributed by atoms with E-state index in [4.69, 9.17) is 33.0 Å². The van der Waals surface area contributed by atoms with Crippen molar-refractivity contribution in [1.29, 1.82) is 0 Å². The van der Waals surface area contributed by atoms with Gasteiger partial charge in [-0.2, -0.15) is 0 Å². The molecule has 2 N–H and O–H groups in total. The Labute approximate surface area is 105 Å². The van der Waals surface area contributed by atoms with E-state index in [0.29, 0.717) is 0 Å². The third-order valence-corrected chi connectivity index (χ3v) is 1.13. The first-order valence-corrected chi connectivity index (χ1v) is 3.84. The molecule has 0 unspecified atom stereocenters. The van der Waals surface area contributed by atoms with Crippen molar-refractivity contribution in [1.82, 2.24) is 0 Å². The molecule has 0 amide bonds. The molecule has 52 valence electrons. The van der Waals surface area contributed by atoms with E-state index in [1.807, 2.05) is 0 Å². The number of hydrogen-bond donors (Lipinski definition) is 2. The normalized spacial score (nSPS) is 11.2. The molecule has 0 saturated heterocycles. The molecule has 0 aromatic carbocycles. The molecule has 0 saturated carbocycles. The third kappa shape index (κ3) is 13.3. The van der Waals surface area contributed by atoms with Crippen molar-refractivity contribution in [3.8, 4) is 0 Å². The SMILES string of the molecule is O=P(O)(O)OC(Cl)Cl.[KH]. The van der Waals surface area contributed by atoms with Gasteiger partial charge in [0.2, 0.25) is 5.02 Å². The molecule has 8 heteroatoms. The van der Waals surface area contributed by atoms with Crippen LogP contribution in [0.4, 0.5) is 0 Å². The number of phosphoric ester groups is 1. The number of rotatable bonds is 2. The Morgan fingerprint density at radius 3 is 1.78 bits per heavy atom. The monoisotopic (exact) mass is 220 g/mol. The summed E-state index contributed by atoms with van der Waals surface area (Å²) < 4.78 is 13.4. The Morgan fingerprint density at radius 1 is 1.44 bits per heavy atom. The van der Waals surface area contributed by atoms with Gasteiger partial charge < -0.3 is 9.79 Å². The summed E-state index contributed by atoms with van der Waals surface area (Å²) in [5, 5.41) is -1.48. The van der Waals surface area contributed by atoms with E-state index in [9.17, 15) is 4.57 Å². The molecule has 4 nitrogen and oxygen atoms in total. The molecule has 0 aromatic rings. The quantitative estimate of drug-likeness (QED) is 0.397. The van der Waals surface area contributed by atoms with Crippen molar-refractivity contribution >= 4 is 82.4 Å². The summed E-state index contributed by atoms with van der Waals surface area (Å²) in [4.78, 5) is 15.8. The van der Waals surface area contributed by atoms with Crippen LogP contribution in [-0.2, 0) is 9.09 Å². The van der Waals surface area contributed by atoms with Crippen LogP contribution in [-0.4, -0.2) is 66.2 Å². The first-order valence-electron chi connectivity index (χ1n) is 1.44. The maximum atomic E-state index is 9.74. The van der Waals surface area contributed by atoms with Gasteiger partial charge in [-0.1, -0.05) is 23.2 Å². The Morgan fingerprint density at radius 2 is 1.78 bits per heavy atom. The van der Waals surface area contributed by atoms with Crippen LogP contribution in [0, 0.1) is 0 Å². The number of halogens is 2. The predicted molar refractivity (Wildman–Crippen MR) is 35.8 cm³/mol. The molecule has 0 aromatic heterocycles. The van der Waals surface area contributed by atoms with Crippen molar-refractivity contribution < 1.29 is 18.9 Å². The molecule has 0 radical (unpaired) electrons. The Bertz CT molecular complexity index is 111. The average molecular weight is 221 g/mol. The molecule has 9 heavy (non-hydrogen) atoms. The molecule has 0 fully saturated rings. The van der Waals surface area contributed by atoms with Crippen LogP contribution >= 0.6 is 31.0 Å². The molecule has 0 rings (SSSR count). The summed E-state index contributed by atoms with van der Waals surface area (Å²) in [5.74, 6) is 0. The van der Waals surface area contributed by atoms with Crippen molar-refractivity contribution in [3.63, 3.8) is 0 Å². The van der Waals surface area contributed by atoms with Gasteiger partial charge in [-0.15, -0.1) is 0 Å². The Kier molecular flexibility index (Phi) is 9.12. The molecular weight excluding hydrogens is 217 g/mol. The van der Waals surface area contributed by atoms with Gasteiger partial charge in [0, 0.05) is 0 Å². The fraction of sp³-hybridized carbons (Fsp3) is 1.00. The second-order valence-corrected chi connectivity index (χ2v) is 3.06. The van der Waals surface area contributed by atoms with Crippen LogP contribution in [0.3, 0.4) is 0 Å². The van der Waals surface area contributed by atoms with Gasteiger partial charge in [0.25, 0.3) is 0 Å². The second kappa shape index (κ2) is 5.91. The van der Waals surface area contributed by atoms with Gasteiger partial charge in [-0.05, 0) is 0 Å². The van der Waals surface area contributed by atoms with E-state index in [-0.39, 0.29) is 51.4 Å². The zero-order valence-electron chi connectivity index (χ0n) is 3.49. The summed E-state index contributed by atoms with van der Waals surface area (Å²) in [6.07, 6.45) is 0. The summed E-state index contributed by atoms with van der Waals surface area (Å²) in [5.41, 5.74) is 0. The molecule has 0 atom stereocenters. The van der Waals surface area contributed by atoms with Crippen molar-refractivity contribution in [2.24, 2.45) is 0 Å². The summed E-state index contributed by atoms with van der Waals surface area (Å²) in [6, 6.07) is 0. The van der Waals surface area contributed by atoms with E-state index in [2.05, 4.69) is 4.52 Å². The molecule has 0 aliphatic heterocycles. The Hall–Kier alpha value is 2.33. The van der Waals surface area contributed by atoms with E-state index in [0.717, 1.165) is 0 Å². The van der Waals surface area contributed by atoms with Gasteiger partial charge >= 0.3 is 59.2 Å². The van der Waals surface area contributed by atoms with E-state index < -0.39 is 12.8 Å². The van der Waals surface area contributed by atoms with Gasteiger partial charge in [0.05, 0.1) is 0 Å². The molecule has 0 aliphatic carbocycles. The minimum atomic E-state index is -4.49. The van der Waals surface area contributed by atoms with E-state index in [1.54, 1.807) is 0 Å². The zero-order valence-corrected chi connectivity index (χ0v) is 5.90. The fourth-order valence-electron chi connectivity index (χ4n) is 0.104. The molecular formula is CH4Cl2KO4P. The topological polar surface area (TPSA) is 66.8 Å². The number of hydrogen-bond acceptors (Lipinski definition) is 2. The minimum absolute atomic E-state index is 0.